The van der Waals surface area contributed by atoms with E-state index in [1.165, 1.54) is 6.07 Å². The van der Waals surface area contributed by atoms with E-state index < -0.39 is 10.8 Å². The van der Waals surface area contributed by atoms with Gasteiger partial charge in [-0.1, -0.05) is 27.5 Å². The number of amides is 1. The topological polar surface area (TPSA) is 114 Å². The molecule has 12 heteroatoms. The van der Waals surface area contributed by atoms with E-state index in [1.54, 1.807) is 36.4 Å². The molecule has 1 amide bonds. The van der Waals surface area contributed by atoms with Crippen LogP contribution >= 0.6 is 39.7 Å². The number of hydrogen-bond acceptors (Lipinski definition) is 7. The lowest BCUT2D eigenvalue weighted by Gasteiger charge is -2.28. The maximum absolute atomic E-state index is 12.8. The van der Waals surface area contributed by atoms with Gasteiger partial charge in [0.15, 0.2) is 10.7 Å². The van der Waals surface area contributed by atoms with Crippen LogP contribution in [0.3, 0.4) is 0 Å². The number of hydrogen-bond donors (Lipinski definition) is 2. The number of anilines is 2. The quantitative estimate of drug-likeness (QED) is 0.141. The van der Waals surface area contributed by atoms with E-state index in [-0.39, 0.29) is 16.4 Å². The lowest BCUT2D eigenvalue weighted by molar-refractivity contribution is -0.384. The van der Waals surface area contributed by atoms with Crippen molar-refractivity contribution >= 4 is 78.9 Å². The highest BCUT2D eigenvalue weighted by Crippen LogP contribution is 2.33. The number of benzene rings is 3. The van der Waals surface area contributed by atoms with Gasteiger partial charge >= 0.3 is 0 Å². The summed E-state index contributed by atoms with van der Waals surface area (Å²) in [7, 11) is 0. The van der Waals surface area contributed by atoms with E-state index in [2.05, 4.69) is 31.5 Å². The van der Waals surface area contributed by atoms with Crippen molar-refractivity contribution in [3.8, 4) is 11.5 Å². The van der Waals surface area contributed by atoms with Crippen molar-refractivity contribution < 1.29 is 14.1 Å². The van der Waals surface area contributed by atoms with Crippen molar-refractivity contribution in [2.24, 2.45) is 0 Å². The molecule has 3 aromatic carbocycles. The molecular formula is C26H21BrClN5O4S. The highest BCUT2D eigenvalue weighted by atomic mass is 79.9. The Morgan fingerprint density at radius 2 is 1.89 bits per heavy atom. The number of nitrogens with one attached hydrogen (secondary N) is 2. The predicted octanol–water partition coefficient (Wildman–Crippen LogP) is 6.94. The zero-order valence-corrected chi connectivity index (χ0v) is 23.0. The molecule has 0 radical (unpaired) electrons. The minimum atomic E-state index is -0.551. The Bertz CT molecular complexity index is 1570. The largest absolute Gasteiger partial charge is 0.436 e. The van der Waals surface area contributed by atoms with Gasteiger partial charge in [-0.25, -0.2) is 4.98 Å². The summed E-state index contributed by atoms with van der Waals surface area (Å²) < 4.78 is 6.69. The molecule has 2 N–H and O–H groups in total. The molecule has 0 saturated carbocycles. The van der Waals surface area contributed by atoms with E-state index in [4.69, 9.17) is 28.2 Å². The molecule has 0 atom stereocenters. The lowest BCUT2D eigenvalue weighted by atomic mass is 10.1. The number of fused-ring (bicyclic) bond motifs is 1. The number of piperidine rings is 1. The molecule has 2 heterocycles. The van der Waals surface area contributed by atoms with Crippen molar-refractivity contribution in [1.82, 2.24) is 10.3 Å². The van der Waals surface area contributed by atoms with Gasteiger partial charge in [0.1, 0.15) is 11.2 Å². The Hall–Kier alpha value is -3.54. The number of carbonyl (C=O) groups is 1. The van der Waals surface area contributed by atoms with E-state index in [9.17, 15) is 14.9 Å². The Kier molecular flexibility index (Phi) is 7.59. The van der Waals surface area contributed by atoms with Gasteiger partial charge in [0, 0.05) is 34.9 Å². The minimum Gasteiger partial charge on any atom is -0.436 e. The molecule has 1 aliphatic heterocycles. The highest BCUT2D eigenvalue weighted by Gasteiger charge is 2.23. The van der Waals surface area contributed by atoms with Crippen molar-refractivity contribution in [3.05, 3.63) is 79.8 Å². The molecule has 1 saturated heterocycles. The first-order valence-electron chi connectivity index (χ1n) is 11.8. The molecule has 1 aromatic heterocycles. The third kappa shape index (κ3) is 5.64. The van der Waals surface area contributed by atoms with E-state index in [0.29, 0.717) is 39.0 Å². The molecule has 0 spiro atoms. The zero-order chi connectivity index (χ0) is 26.8. The van der Waals surface area contributed by atoms with Gasteiger partial charge in [-0.3, -0.25) is 20.2 Å². The van der Waals surface area contributed by atoms with Crippen molar-refractivity contribution in [2.75, 3.05) is 23.3 Å². The molecule has 1 fully saturated rings. The molecule has 194 valence electrons. The van der Waals surface area contributed by atoms with Gasteiger partial charge in [-0.15, -0.1) is 0 Å². The molecule has 0 bridgehead atoms. The van der Waals surface area contributed by atoms with Crippen LogP contribution in [0.4, 0.5) is 17.1 Å². The van der Waals surface area contributed by atoms with Crippen LogP contribution in [-0.4, -0.2) is 34.0 Å². The monoisotopic (exact) mass is 613 g/mol. The van der Waals surface area contributed by atoms with Gasteiger partial charge in [-0.2, -0.15) is 0 Å². The first-order valence-corrected chi connectivity index (χ1v) is 13.4. The van der Waals surface area contributed by atoms with Crippen LogP contribution in [0.5, 0.6) is 0 Å². The molecule has 38 heavy (non-hydrogen) atoms. The maximum Gasteiger partial charge on any atom is 0.293 e. The third-order valence-electron chi connectivity index (χ3n) is 6.16. The lowest BCUT2D eigenvalue weighted by Crippen LogP contribution is -2.34. The number of rotatable bonds is 5. The number of nitro groups is 1. The number of oxazole rings is 1. The van der Waals surface area contributed by atoms with Gasteiger partial charge < -0.3 is 14.6 Å². The molecule has 1 aliphatic rings. The molecule has 4 aromatic rings. The van der Waals surface area contributed by atoms with Crippen LogP contribution in [0.2, 0.25) is 5.02 Å². The van der Waals surface area contributed by atoms with Gasteiger partial charge in [0.05, 0.1) is 15.5 Å². The van der Waals surface area contributed by atoms with Gasteiger partial charge in [0.25, 0.3) is 11.6 Å². The van der Waals surface area contributed by atoms with Crippen molar-refractivity contribution in [2.45, 2.75) is 19.3 Å². The van der Waals surface area contributed by atoms with Gasteiger partial charge in [-0.05, 0) is 80.0 Å². The van der Waals surface area contributed by atoms with E-state index in [1.807, 2.05) is 17.0 Å². The smallest absolute Gasteiger partial charge is 0.293 e. The molecule has 0 aliphatic carbocycles. The Morgan fingerprint density at radius 1 is 1.11 bits per heavy atom. The maximum atomic E-state index is 12.8. The second-order valence-corrected chi connectivity index (χ2v) is 10.5. The standard InChI is InChI=1S/C26H21BrClN5O4S/c27-16-5-7-19(28)18(13-16)25-30-20-14-17(6-9-23(20)37-25)29-26(38)31-24(34)15-4-8-21(22(12-15)33(35)36)32-10-2-1-3-11-32/h4-9,12-14H,1-3,10-11H2,(H2,29,31,34,38). The summed E-state index contributed by atoms with van der Waals surface area (Å²) in [6, 6.07) is 15.1. The van der Waals surface area contributed by atoms with Crippen LogP contribution in [0, 0.1) is 10.1 Å². The van der Waals surface area contributed by atoms with Crippen LogP contribution in [0.1, 0.15) is 29.6 Å². The highest BCUT2D eigenvalue weighted by molar-refractivity contribution is 9.10. The first-order chi connectivity index (χ1) is 18.3. The summed E-state index contributed by atoms with van der Waals surface area (Å²) in [5, 5.41) is 17.8. The summed E-state index contributed by atoms with van der Waals surface area (Å²) in [4.78, 5) is 30.6. The number of aromatic nitrogens is 1. The van der Waals surface area contributed by atoms with Crippen molar-refractivity contribution in [3.63, 3.8) is 0 Å². The minimum absolute atomic E-state index is 0.0378. The van der Waals surface area contributed by atoms with Gasteiger partial charge in [0.2, 0.25) is 5.89 Å². The van der Waals surface area contributed by atoms with E-state index in [0.717, 1.165) is 36.8 Å². The number of nitrogens with zero attached hydrogens (tertiary/aromatic N) is 3. The molecule has 5 rings (SSSR count). The number of carbonyl (C=O) groups excluding carboxylic acids is 1. The normalized spacial score (nSPS) is 13.4. The van der Waals surface area contributed by atoms with Crippen LogP contribution < -0.4 is 15.5 Å². The fraction of sp³-hybridized carbons (Fsp3) is 0.192. The van der Waals surface area contributed by atoms with Crippen LogP contribution in [0.25, 0.3) is 22.6 Å². The predicted molar refractivity (Wildman–Crippen MR) is 155 cm³/mol. The first kappa shape index (κ1) is 26.1. The summed E-state index contributed by atoms with van der Waals surface area (Å²) >= 11 is 15.0. The average molecular weight is 615 g/mol. The summed E-state index contributed by atoms with van der Waals surface area (Å²) in [6.07, 6.45) is 3.08. The molecule has 9 nitrogen and oxygen atoms in total. The summed E-state index contributed by atoms with van der Waals surface area (Å²) in [5.41, 5.74) is 2.91. The number of thiocarbonyl (C=S) groups is 1. The molecule has 0 unspecified atom stereocenters. The summed E-state index contributed by atoms with van der Waals surface area (Å²) in [5.74, 6) is -0.182. The average Bonchev–Trinajstić information content (AvgIpc) is 3.33. The SMILES string of the molecule is O=C(NC(=S)Nc1ccc2oc(-c3cc(Br)ccc3Cl)nc2c1)c1ccc(N2CCCCC2)c([N+](=O)[O-])c1. The second-order valence-electron chi connectivity index (χ2n) is 8.74. The summed E-state index contributed by atoms with van der Waals surface area (Å²) in [6.45, 7) is 1.52. The third-order valence-corrected chi connectivity index (χ3v) is 7.19. The Labute approximate surface area is 236 Å². The van der Waals surface area contributed by atoms with Crippen molar-refractivity contribution in [1.29, 1.82) is 0 Å². The number of halogens is 2. The fourth-order valence-corrected chi connectivity index (χ4v) is 5.10. The molecular weight excluding hydrogens is 594 g/mol. The fourth-order valence-electron chi connectivity index (χ4n) is 4.33. The second kappa shape index (κ2) is 11.1. The van der Waals surface area contributed by atoms with Crippen LogP contribution in [-0.2, 0) is 0 Å². The van der Waals surface area contributed by atoms with E-state index >= 15 is 0 Å². The Morgan fingerprint density at radius 3 is 2.66 bits per heavy atom. The Balaban J connectivity index is 1.29. The zero-order valence-electron chi connectivity index (χ0n) is 19.9. The van der Waals surface area contributed by atoms with Crippen LogP contribution in [0.15, 0.2) is 63.5 Å². The number of nitro benzene ring substituents is 1.